The van der Waals surface area contributed by atoms with E-state index in [1.54, 1.807) is 0 Å². The first-order valence-electron chi connectivity index (χ1n) is 10.9. The number of carbonyl (C=O) groups is 1. The highest BCUT2D eigenvalue weighted by molar-refractivity contribution is 7.99. The molecule has 2 fully saturated rings. The Labute approximate surface area is 172 Å². The smallest absolute Gasteiger partial charge is 0.223 e. The Bertz CT molecular complexity index is 730. The molecule has 4 rings (SSSR count). The van der Waals surface area contributed by atoms with Crippen LogP contribution in [-0.2, 0) is 4.79 Å². The number of hydrogen-bond acceptors (Lipinski definition) is 4. The molecule has 2 aliphatic rings. The Hall–Kier alpha value is -1.69. The lowest BCUT2D eigenvalue weighted by Gasteiger charge is -2.31. The lowest BCUT2D eigenvalue weighted by atomic mass is 9.96. The van der Waals surface area contributed by atoms with E-state index in [1.807, 2.05) is 18.2 Å². The van der Waals surface area contributed by atoms with Crippen LogP contribution in [0.25, 0.3) is 11.0 Å². The predicted molar refractivity (Wildman–Crippen MR) is 118 cm³/mol. The quantitative estimate of drug-likeness (QED) is 0.678. The Balaban J connectivity index is 1.15. The first-order chi connectivity index (χ1) is 13.8. The molecule has 0 bridgehead atoms. The van der Waals surface area contributed by atoms with Crippen molar-refractivity contribution in [3.05, 3.63) is 24.3 Å². The number of fused-ring (bicyclic) bond motifs is 1. The summed E-state index contributed by atoms with van der Waals surface area (Å²) in [5.74, 6) is 2.49. The number of aromatic nitrogens is 2. The van der Waals surface area contributed by atoms with Gasteiger partial charge in [-0.05, 0) is 50.0 Å². The minimum absolute atomic E-state index is 0.145. The van der Waals surface area contributed by atoms with E-state index in [2.05, 4.69) is 38.0 Å². The van der Waals surface area contributed by atoms with Crippen LogP contribution in [0.3, 0.4) is 0 Å². The molecule has 0 radical (unpaired) electrons. The maximum atomic E-state index is 12.5. The number of nitrogens with one attached hydrogen (secondary N) is 2. The molecular formula is C22H32N4OS. The number of para-hydroxylation sites is 2. The van der Waals surface area contributed by atoms with Crippen LogP contribution in [-0.4, -0.2) is 46.5 Å². The molecule has 0 spiro atoms. The molecule has 5 nitrogen and oxygen atoms in total. The molecule has 1 saturated carbocycles. The van der Waals surface area contributed by atoms with Crippen LogP contribution in [0.2, 0.25) is 0 Å². The van der Waals surface area contributed by atoms with E-state index < -0.39 is 0 Å². The van der Waals surface area contributed by atoms with Gasteiger partial charge in [-0.1, -0.05) is 31.4 Å². The molecule has 0 atom stereocenters. The van der Waals surface area contributed by atoms with Crippen molar-refractivity contribution in [2.45, 2.75) is 56.6 Å². The first-order valence-corrected chi connectivity index (χ1v) is 11.9. The van der Waals surface area contributed by atoms with Gasteiger partial charge in [0.25, 0.3) is 0 Å². The number of anilines is 1. The van der Waals surface area contributed by atoms with Crippen molar-refractivity contribution in [3.8, 4) is 0 Å². The van der Waals surface area contributed by atoms with Gasteiger partial charge in [-0.2, -0.15) is 11.8 Å². The van der Waals surface area contributed by atoms with Crippen LogP contribution < -0.4 is 10.2 Å². The van der Waals surface area contributed by atoms with E-state index in [0.29, 0.717) is 0 Å². The molecule has 1 aromatic carbocycles. The highest BCUT2D eigenvalue weighted by atomic mass is 32.2. The SMILES string of the molecule is O=C(NCCCSC1CCCCC1)C1CCN(c2nc3ccccc3[nH]2)CC1. The summed E-state index contributed by atoms with van der Waals surface area (Å²) in [4.78, 5) is 22.8. The zero-order valence-corrected chi connectivity index (χ0v) is 17.5. The number of benzene rings is 1. The fourth-order valence-corrected chi connectivity index (χ4v) is 5.66. The van der Waals surface area contributed by atoms with Crippen molar-refractivity contribution in [2.24, 2.45) is 5.92 Å². The molecule has 2 N–H and O–H groups in total. The highest BCUT2D eigenvalue weighted by Gasteiger charge is 2.26. The number of hydrogen-bond donors (Lipinski definition) is 2. The van der Waals surface area contributed by atoms with Crippen molar-refractivity contribution in [1.82, 2.24) is 15.3 Å². The lowest BCUT2D eigenvalue weighted by molar-refractivity contribution is -0.125. The maximum absolute atomic E-state index is 12.5. The van der Waals surface area contributed by atoms with Gasteiger partial charge in [0.05, 0.1) is 11.0 Å². The van der Waals surface area contributed by atoms with E-state index in [9.17, 15) is 4.79 Å². The van der Waals surface area contributed by atoms with Crippen molar-refractivity contribution in [3.63, 3.8) is 0 Å². The van der Waals surface area contributed by atoms with Crippen LogP contribution in [0.15, 0.2) is 24.3 Å². The molecule has 152 valence electrons. The number of piperidine rings is 1. The number of H-pyrrole nitrogens is 1. The summed E-state index contributed by atoms with van der Waals surface area (Å²) in [6.45, 7) is 2.59. The third-order valence-electron chi connectivity index (χ3n) is 6.07. The third kappa shape index (κ3) is 5.02. The summed E-state index contributed by atoms with van der Waals surface area (Å²) >= 11 is 2.12. The molecule has 28 heavy (non-hydrogen) atoms. The molecule has 6 heteroatoms. The average Bonchev–Trinajstić information content (AvgIpc) is 3.18. The Morgan fingerprint density at radius 3 is 2.71 bits per heavy atom. The van der Waals surface area contributed by atoms with Gasteiger partial charge in [-0.25, -0.2) is 4.98 Å². The van der Waals surface area contributed by atoms with E-state index in [4.69, 9.17) is 0 Å². The Morgan fingerprint density at radius 1 is 1.14 bits per heavy atom. The summed E-state index contributed by atoms with van der Waals surface area (Å²) in [6, 6.07) is 8.12. The van der Waals surface area contributed by atoms with Crippen LogP contribution in [0.4, 0.5) is 5.95 Å². The van der Waals surface area contributed by atoms with E-state index >= 15 is 0 Å². The van der Waals surface area contributed by atoms with Crippen LogP contribution in [0.5, 0.6) is 0 Å². The van der Waals surface area contributed by atoms with Gasteiger partial charge in [-0.3, -0.25) is 4.79 Å². The number of carbonyl (C=O) groups excluding carboxylic acids is 1. The van der Waals surface area contributed by atoms with E-state index in [-0.39, 0.29) is 11.8 Å². The zero-order chi connectivity index (χ0) is 19.2. The molecule has 1 aliphatic carbocycles. The number of amides is 1. The summed E-state index contributed by atoms with van der Waals surface area (Å²) in [7, 11) is 0. The molecule has 1 saturated heterocycles. The van der Waals surface area contributed by atoms with E-state index in [1.165, 1.54) is 37.9 Å². The second kappa shape index (κ2) is 9.68. The fourth-order valence-electron chi connectivity index (χ4n) is 4.35. The van der Waals surface area contributed by atoms with Gasteiger partial charge in [0.1, 0.15) is 0 Å². The summed E-state index contributed by atoms with van der Waals surface area (Å²) < 4.78 is 0. The second-order valence-electron chi connectivity index (χ2n) is 8.11. The topological polar surface area (TPSA) is 61.0 Å². The molecule has 2 aromatic rings. The van der Waals surface area contributed by atoms with Gasteiger partial charge in [0.2, 0.25) is 11.9 Å². The van der Waals surface area contributed by atoms with Crippen molar-refractivity contribution in [2.75, 3.05) is 30.3 Å². The van der Waals surface area contributed by atoms with Gasteiger partial charge >= 0.3 is 0 Å². The first kappa shape index (κ1) is 19.6. The largest absolute Gasteiger partial charge is 0.356 e. The number of rotatable bonds is 7. The van der Waals surface area contributed by atoms with Crippen LogP contribution in [0.1, 0.15) is 51.4 Å². The fraction of sp³-hybridized carbons (Fsp3) is 0.636. The highest BCUT2D eigenvalue weighted by Crippen LogP contribution is 2.28. The summed E-state index contributed by atoms with van der Waals surface area (Å²) in [6.07, 6.45) is 9.90. The van der Waals surface area contributed by atoms with Crippen LogP contribution in [0, 0.1) is 5.92 Å². The minimum atomic E-state index is 0.145. The average molecular weight is 401 g/mol. The van der Waals surface area contributed by atoms with Crippen molar-refractivity contribution in [1.29, 1.82) is 0 Å². The number of aromatic amines is 1. The minimum Gasteiger partial charge on any atom is -0.356 e. The molecule has 1 aliphatic heterocycles. The van der Waals surface area contributed by atoms with Crippen LogP contribution >= 0.6 is 11.8 Å². The lowest BCUT2D eigenvalue weighted by Crippen LogP contribution is -2.41. The van der Waals surface area contributed by atoms with Crippen molar-refractivity contribution >= 4 is 34.7 Å². The van der Waals surface area contributed by atoms with Crippen molar-refractivity contribution < 1.29 is 4.79 Å². The predicted octanol–water partition coefficient (Wildman–Crippen LogP) is 4.35. The van der Waals surface area contributed by atoms with Gasteiger partial charge in [-0.15, -0.1) is 0 Å². The number of nitrogens with zero attached hydrogens (tertiary/aromatic N) is 2. The zero-order valence-electron chi connectivity index (χ0n) is 16.7. The standard InChI is InChI=1S/C22H32N4OS/c27-21(23-13-6-16-28-18-7-2-1-3-8-18)17-11-14-26(15-12-17)22-24-19-9-4-5-10-20(19)25-22/h4-5,9-10,17-18H,1-3,6-8,11-16H2,(H,23,27)(H,24,25). The second-order valence-corrected chi connectivity index (χ2v) is 9.52. The Kier molecular flexibility index (Phi) is 6.78. The van der Waals surface area contributed by atoms with Gasteiger partial charge in [0.15, 0.2) is 0 Å². The third-order valence-corrected chi connectivity index (χ3v) is 7.54. The maximum Gasteiger partial charge on any atom is 0.223 e. The molecule has 0 unspecified atom stereocenters. The van der Waals surface area contributed by atoms with E-state index in [0.717, 1.165) is 61.1 Å². The summed E-state index contributed by atoms with van der Waals surface area (Å²) in [5, 5.41) is 4.04. The number of imidazole rings is 1. The normalized spacial score (nSPS) is 19.2. The van der Waals surface area contributed by atoms with Gasteiger partial charge < -0.3 is 15.2 Å². The molecular weight excluding hydrogens is 368 g/mol. The molecule has 2 heterocycles. The Morgan fingerprint density at radius 2 is 1.93 bits per heavy atom. The molecule has 1 amide bonds. The molecule has 1 aromatic heterocycles. The summed E-state index contributed by atoms with van der Waals surface area (Å²) in [5.41, 5.74) is 2.08. The van der Waals surface area contributed by atoms with Gasteiger partial charge in [0, 0.05) is 30.8 Å². The number of thioether (sulfide) groups is 1. The monoisotopic (exact) mass is 400 g/mol.